The molecule has 0 fully saturated rings. The third-order valence-corrected chi connectivity index (χ3v) is 5.64. The monoisotopic (exact) mass is 494 g/mol. The normalized spacial score (nSPS) is 12.3. The molecule has 2 N–H and O–H groups in total. The molecule has 3 aromatic rings. The number of aryl methyl sites for hydroxylation is 2. The Kier molecular flexibility index (Phi) is 9.87. The van der Waals surface area contributed by atoms with Gasteiger partial charge in [0.1, 0.15) is 17.5 Å². The number of para-hydroxylation sites is 2. The Balaban J connectivity index is 1.71. The Morgan fingerprint density at radius 2 is 1.75 bits per heavy atom. The van der Waals surface area contributed by atoms with Gasteiger partial charge in [-0.1, -0.05) is 62.2 Å². The molecule has 1 unspecified atom stereocenters. The highest BCUT2D eigenvalue weighted by atomic mass is 16.7. The predicted octanol–water partition coefficient (Wildman–Crippen LogP) is 5.30. The summed E-state index contributed by atoms with van der Waals surface area (Å²) in [6, 6.07) is 16.7. The van der Waals surface area contributed by atoms with Crippen molar-refractivity contribution in [2.75, 3.05) is 0 Å². The molecule has 0 aliphatic carbocycles. The van der Waals surface area contributed by atoms with Crippen LogP contribution in [0.2, 0.25) is 0 Å². The average molecular weight is 495 g/mol. The number of fused-ring (bicyclic) bond motifs is 1. The van der Waals surface area contributed by atoms with Crippen molar-refractivity contribution >= 4 is 23.0 Å². The summed E-state index contributed by atoms with van der Waals surface area (Å²) in [6.07, 6.45) is 3.52. The fraction of sp³-hybridized carbons (Fsp3) is 0.464. The van der Waals surface area contributed by atoms with Crippen LogP contribution in [0.4, 0.5) is 4.79 Å². The van der Waals surface area contributed by atoms with Crippen molar-refractivity contribution in [2.24, 2.45) is 0 Å². The Morgan fingerprint density at radius 1 is 1.03 bits per heavy atom. The number of rotatable bonds is 12. The zero-order valence-corrected chi connectivity index (χ0v) is 21.8. The van der Waals surface area contributed by atoms with Gasteiger partial charge >= 0.3 is 6.09 Å². The summed E-state index contributed by atoms with van der Waals surface area (Å²) in [5.41, 5.74) is 4.74. The lowest BCUT2D eigenvalue weighted by molar-refractivity contribution is -0.137. The van der Waals surface area contributed by atoms with Gasteiger partial charge in [-0.3, -0.25) is 9.63 Å². The minimum Gasteiger partial charge on any atom is -0.444 e. The van der Waals surface area contributed by atoms with Gasteiger partial charge < -0.3 is 14.6 Å². The second-order valence-electron chi connectivity index (χ2n) is 9.85. The number of carbonyl (C=O) groups is 2. The molecule has 0 spiro atoms. The van der Waals surface area contributed by atoms with E-state index in [0.717, 1.165) is 48.2 Å². The first-order valence-corrected chi connectivity index (χ1v) is 12.7. The Morgan fingerprint density at radius 3 is 2.47 bits per heavy atom. The molecule has 0 saturated carbocycles. The summed E-state index contributed by atoms with van der Waals surface area (Å²) in [4.78, 5) is 35.7. The third kappa shape index (κ3) is 8.37. The van der Waals surface area contributed by atoms with Crippen LogP contribution < -0.4 is 10.8 Å². The van der Waals surface area contributed by atoms with E-state index in [1.165, 1.54) is 0 Å². The smallest absolute Gasteiger partial charge is 0.408 e. The van der Waals surface area contributed by atoms with Gasteiger partial charge in [-0.2, -0.15) is 0 Å². The highest BCUT2D eigenvalue weighted by molar-refractivity contribution is 5.85. The molecular weight excluding hydrogens is 456 g/mol. The van der Waals surface area contributed by atoms with E-state index in [0.29, 0.717) is 12.8 Å². The maximum Gasteiger partial charge on any atom is 0.408 e. The number of carbonyl (C=O) groups excluding carboxylic acids is 2. The zero-order valence-electron chi connectivity index (χ0n) is 21.8. The van der Waals surface area contributed by atoms with Gasteiger partial charge in [-0.25, -0.2) is 15.3 Å². The van der Waals surface area contributed by atoms with Gasteiger partial charge in [0.2, 0.25) is 0 Å². The molecule has 3 rings (SSSR count). The summed E-state index contributed by atoms with van der Waals surface area (Å²) in [5.74, 6) is 0.451. The fourth-order valence-electron chi connectivity index (χ4n) is 3.91. The Bertz CT molecular complexity index is 1120. The van der Waals surface area contributed by atoms with Gasteiger partial charge in [-0.15, -0.1) is 0 Å². The van der Waals surface area contributed by atoms with E-state index in [9.17, 15) is 9.59 Å². The zero-order chi connectivity index (χ0) is 26.0. The van der Waals surface area contributed by atoms with Crippen LogP contribution in [0, 0.1) is 0 Å². The summed E-state index contributed by atoms with van der Waals surface area (Å²) in [5, 5.41) is 2.71. The number of hydrogen-bond acceptors (Lipinski definition) is 5. The lowest BCUT2D eigenvalue weighted by atomic mass is 10.1. The van der Waals surface area contributed by atoms with Crippen LogP contribution in [0.3, 0.4) is 0 Å². The summed E-state index contributed by atoms with van der Waals surface area (Å²) < 4.78 is 7.61. The van der Waals surface area contributed by atoms with Crippen molar-refractivity contribution < 1.29 is 19.2 Å². The number of hydrogen-bond donors (Lipinski definition) is 2. The van der Waals surface area contributed by atoms with Crippen LogP contribution in [0.15, 0.2) is 54.6 Å². The SMILES string of the molecule is CCCCCn1c(CCC(NC(=O)OC(C)(C)C)C(=O)NOCc2ccccc2)nc2ccccc21. The second kappa shape index (κ2) is 13.1. The summed E-state index contributed by atoms with van der Waals surface area (Å²) in [7, 11) is 0. The molecule has 1 heterocycles. The van der Waals surface area contributed by atoms with Crippen molar-refractivity contribution in [1.82, 2.24) is 20.3 Å². The Labute approximate surface area is 213 Å². The number of imidazole rings is 1. The molecule has 2 amide bonds. The minimum atomic E-state index is -0.848. The highest BCUT2D eigenvalue weighted by Gasteiger charge is 2.25. The summed E-state index contributed by atoms with van der Waals surface area (Å²) >= 11 is 0. The maximum absolute atomic E-state index is 13.0. The molecule has 2 aromatic carbocycles. The van der Waals surface area contributed by atoms with Crippen molar-refractivity contribution in [3.63, 3.8) is 0 Å². The molecule has 0 bridgehead atoms. The Hall–Kier alpha value is -3.39. The fourth-order valence-corrected chi connectivity index (χ4v) is 3.91. The third-order valence-electron chi connectivity index (χ3n) is 5.64. The molecular formula is C28H38N4O4. The number of amides is 2. The minimum absolute atomic E-state index is 0.221. The summed E-state index contributed by atoms with van der Waals surface area (Å²) in [6.45, 7) is 8.60. The first kappa shape index (κ1) is 27.2. The number of ether oxygens (including phenoxy) is 1. The van der Waals surface area contributed by atoms with Crippen LogP contribution in [0.5, 0.6) is 0 Å². The average Bonchev–Trinajstić information content (AvgIpc) is 3.19. The van der Waals surface area contributed by atoms with Crippen LogP contribution in [-0.2, 0) is 33.9 Å². The molecule has 0 radical (unpaired) electrons. The number of alkyl carbamates (subject to hydrolysis) is 1. The van der Waals surface area contributed by atoms with Crippen molar-refractivity contribution in [3.05, 3.63) is 66.0 Å². The standard InChI is InChI=1S/C28H38N4O4/c1-5-6-12-19-32-24-16-11-10-15-22(24)29-25(32)18-17-23(30-27(34)36-28(2,3)4)26(33)31-35-20-21-13-8-7-9-14-21/h7-11,13-16,23H,5-6,12,17-20H2,1-4H3,(H,30,34)(H,31,33). The molecule has 36 heavy (non-hydrogen) atoms. The number of aromatic nitrogens is 2. The first-order chi connectivity index (χ1) is 17.3. The molecule has 0 saturated heterocycles. The molecule has 8 nitrogen and oxygen atoms in total. The van der Waals surface area contributed by atoms with Crippen LogP contribution in [0.1, 0.15) is 64.8 Å². The lowest BCUT2D eigenvalue weighted by Gasteiger charge is -2.23. The van der Waals surface area contributed by atoms with E-state index >= 15 is 0 Å². The molecule has 0 aliphatic rings. The van der Waals surface area contributed by atoms with E-state index < -0.39 is 23.6 Å². The first-order valence-electron chi connectivity index (χ1n) is 12.7. The van der Waals surface area contributed by atoms with Crippen molar-refractivity contribution in [3.8, 4) is 0 Å². The largest absolute Gasteiger partial charge is 0.444 e. The van der Waals surface area contributed by atoms with Crippen molar-refractivity contribution in [2.45, 2.75) is 84.6 Å². The molecule has 1 aromatic heterocycles. The van der Waals surface area contributed by atoms with E-state index in [1.807, 2.05) is 48.5 Å². The number of unbranched alkanes of at least 4 members (excludes halogenated alkanes) is 2. The van der Waals surface area contributed by atoms with Gasteiger partial charge in [0, 0.05) is 13.0 Å². The van der Waals surface area contributed by atoms with Gasteiger partial charge in [-0.05, 0) is 51.3 Å². The van der Waals surface area contributed by atoms with Gasteiger partial charge in [0.05, 0.1) is 17.6 Å². The maximum atomic E-state index is 13.0. The molecule has 1 atom stereocenters. The lowest BCUT2D eigenvalue weighted by Crippen LogP contribution is -2.48. The van der Waals surface area contributed by atoms with E-state index in [2.05, 4.69) is 28.4 Å². The van der Waals surface area contributed by atoms with E-state index in [-0.39, 0.29) is 6.61 Å². The number of nitrogens with zero attached hydrogens (tertiary/aromatic N) is 2. The van der Waals surface area contributed by atoms with Gasteiger partial charge in [0.25, 0.3) is 5.91 Å². The van der Waals surface area contributed by atoms with E-state index in [1.54, 1.807) is 20.8 Å². The quantitative estimate of drug-likeness (QED) is 0.263. The van der Waals surface area contributed by atoms with Crippen molar-refractivity contribution in [1.29, 1.82) is 0 Å². The molecule has 0 aliphatic heterocycles. The topological polar surface area (TPSA) is 94.5 Å². The van der Waals surface area contributed by atoms with Crippen LogP contribution in [0.25, 0.3) is 11.0 Å². The number of benzene rings is 2. The van der Waals surface area contributed by atoms with Gasteiger partial charge in [0.15, 0.2) is 0 Å². The number of nitrogens with one attached hydrogen (secondary N) is 2. The highest BCUT2D eigenvalue weighted by Crippen LogP contribution is 2.19. The number of hydroxylamine groups is 1. The van der Waals surface area contributed by atoms with E-state index in [4.69, 9.17) is 14.6 Å². The molecule has 8 heteroatoms. The molecule has 194 valence electrons. The van der Waals surface area contributed by atoms with Crippen LogP contribution >= 0.6 is 0 Å². The van der Waals surface area contributed by atoms with Crippen LogP contribution in [-0.4, -0.2) is 33.2 Å². The predicted molar refractivity (Wildman–Crippen MR) is 140 cm³/mol. The second-order valence-corrected chi connectivity index (χ2v) is 9.85.